The van der Waals surface area contributed by atoms with Crippen LogP contribution in [0.15, 0.2) is 41.8 Å². The van der Waals surface area contributed by atoms with E-state index < -0.39 is 0 Å². The van der Waals surface area contributed by atoms with Crippen LogP contribution in [-0.2, 0) is 0 Å². The number of nitrogens with zero attached hydrogens (tertiary/aromatic N) is 1. The van der Waals surface area contributed by atoms with Gasteiger partial charge in [-0.25, -0.2) is 0 Å². The molecule has 3 rings (SSSR count). The predicted octanol–water partition coefficient (Wildman–Crippen LogP) is 0.971. The smallest absolute Gasteiger partial charge is 0.265 e. The number of quaternary nitrogens is 1. The van der Waals surface area contributed by atoms with Gasteiger partial charge in [-0.1, -0.05) is 6.07 Å². The van der Waals surface area contributed by atoms with Gasteiger partial charge in [-0.2, -0.15) is 0 Å². The molecular weight excluding hydrogens is 310 g/mol. The van der Waals surface area contributed by atoms with Crippen molar-refractivity contribution in [2.75, 3.05) is 38.5 Å². The third-order valence-corrected chi connectivity index (χ3v) is 4.91. The minimum absolute atomic E-state index is 0.0635. The zero-order valence-corrected chi connectivity index (χ0v) is 13.9. The summed E-state index contributed by atoms with van der Waals surface area (Å²) in [6, 6.07) is 10.7. The quantitative estimate of drug-likeness (QED) is 0.881. The molecule has 120 valence electrons. The van der Waals surface area contributed by atoms with Gasteiger partial charge in [-0.05, 0) is 35.7 Å². The highest BCUT2D eigenvalue weighted by Gasteiger charge is 2.22. The van der Waals surface area contributed by atoms with Crippen LogP contribution in [0.3, 0.4) is 0 Å². The lowest BCUT2D eigenvalue weighted by atomic mass is 10.1. The lowest BCUT2D eigenvalue weighted by molar-refractivity contribution is -0.883. The minimum Gasteiger partial charge on any atom is -0.334 e. The van der Waals surface area contributed by atoms with Crippen molar-refractivity contribution < 1.29 is 14.5 Å². The molecule has 1 saturated heterocycles. The Bertz CT molecular complexity index is 674. The zero-order valence-electron chi connectivity index (χ0n) is 13.0. The van der Waals surface area contributed by atoms with Crippen molar-refractivity contribution in [2.45, 2.75) is 0 Å². The largest absolute Gasteiger partial charge is 0.334 e. The second kappa shape index (κ2) is 6.93. The number of nitrogens with one attached hydrogen (secondary N) is 2. The van der Waals surface area contributed by atoms with E-state index in [2.05, 4.69) is 12.4 Å². The minimum atomic E-state index is -0.124. The van der Waals surface area contributed by atoms with Gasteiger partial charge in [0.15, 0.2) is 0 Å². The van der Waals surface area contributed by atoms with Crippen LogP contribution in [0.1, 0.15) is 20.0 Å². The fourth-order valence-electron chi connectivity index (χ4n) is 2.57. The van der Waals surface area contributed by atoms with Crippen molar-refractivity contribution in [3.8, 4) is 0 Å². The highest BCUT2D eigenvalue weighted by Crippen LogP contribution is 2.15. The summed E-state index contributed by atoms with van der Waals surface area (Å²) in [5.41, 5.74) is 1.36. The summed E-state index contributed by atoms with van der Waals surface area (Å²) in [7, 11) is 2.15. The zero-order chi connectivity index (χ0) is 16.2. The Labute approximate surface area is 139 Å². The van der Waals surface area contributed by atoms with Crippen molar-refractivity contribution in [1.29, 1.82) is 0 Å². The number of likely N-dealkylation sites (N-methyl/N-ethyl adjacent to an activating group) is 1. The maximum absolute atomic E-state index is 12.5. The lowest BCUT2D eigenvalue weighted by Gasteiger charge is -2.30. The average Bonchev–Trinajstić information content (AvgIpc) is 3.10. The highest BCUT2D eigenvalue weighted by atomic mass is 32.1. The number of piperazine rings is 1. The fraction of sp³-hybridized carbons (Fsp3) is 0.294. The van der Waals surface area contributed by atoms with E-state index in [1.165, 1.54) is 16.2 Å². The average molecular weight is 330 g/mol. The van der Waals surface area contributed by atoms with Crippen LogP contribution in [0, 0.1) is 0 Å². The topological polar surface area (TPSA) is 53.9 Å². The highest BCUT2D eigenvalue weighted by molar-refractivity contribution is 7.12. The van der Waals surface area contributed by atoms with E-state index in [1.807, 2.05) is 16.3 Å². The molecule has 1 aromatic carbocycles. The van der Waals surface area contributed by atoms with Gasteiger partial charge < -0.3 is 15.1 Å². The van der Waals surface area contributed by atoms with Gasteiger partial charge >= 0.3 is 0 Å². The van der Waals surface area contributed by atoms with E-state index in [4.69, 9.17) is 0 Å². The van der Waals surface area contributed by atoms with Gasteiger partial charge in [0.05, 0.1) is 38.1 Å². The molecule has 2 N–H and O–H groups in total. The van der Waals surface area contributed by atoms with Gasteiger partial charge in [0.1, 0.15) is 0 Å². The molecule has 0 aliphatic carbocycles. The van der Waals surface area contributed by atoms with Crippen molar-refractivity contribution in [3.63, 3.8) is 0 Å². The first kappa shape index (κ1) is 15.7. The van der Waals surface area contributed by atoms with E-state index in [9.17, 15) is 9.59 Å². The maximum atomic E-state index is 12.5. The first-order valence-corrected chi connectivity index (χ1v) is 8.57. The lowest BCUT2D eigenvalue weighted by Crippen LogP contribution is -3.12. The van der Waals surface area contributed by atoms with E-state index in [-0.39, 0.29) is 11.8 Å². The molecule has 2 heterocycles. The monoisotopic (exact) mass is 330 g/mol. The normalized spacial score (nSPS) is 15.4. The van der Waals surface area contributed by atoms with Crippen LogP contribution in [0.4, 0.5) is 5.69 Å². The Morgan fingerprint density at radius 1 is 1.13 bits per heavy atom. The van der Waals surface area contributed by atoms with Crippen LogP contribution in [0.5, 0.6) is 0 Å². The van der Waals surface area contributed by atoms with Crippen LogP contribution < -0.4 is 10.2 Å². The third kappa shape index (κ3) is 3.78. The number of rotatable bonds is 3. The molecule has 0 saturated carbocycles. The molecule has 5 nitrogen and oxygen atoms in total. The number of hydrogen-bond donors (Lipinski definition) is 2. The number of benzene rings is 1. The number of carbonyl (C=O) groups is 2. The third-order valence-electron chi connectivity index (χ3n) is 4.04. The summed E-state index contributed by atoms with van der Waals surface area (Å²) >= 11 is 1.40. The molecule has 23 heavy (non-hydrogen) atoms. The summed E-state index contributed by atoms with van der Waals surface area (Å²) in [4.78, 5) is 28.5. The SMILES string of the molecule is C[NH+]1CCN(C(=O)c2ccc(NC(=O)c3cccs3)cc2)CC1. The summed E-state index contributed by atoms with van der Waals surface area (Å²) in [6.07, 6.45) is 0. The predicted molar refractivity (Wildman–Crippen MR) is 91.2 cm³/mol. The standard InChI is InChI=1S/C17H19N3O2S/c1-19-8-10-20(11-9-19)17(22)13-4-6-14(7-5-13)18-16(21)15-3-2-12-23-15/h2-7,12H,8-11H2,1H3,(H,18,21)/p+1. The van der Waals surface area contributed by atoms with Crippen molar-refractivity contribution in [3.05, 3.63) is 52.2 Å². The molecule has 2 aromatic rings. The molecule has 0 spiro atoms. The Morgan fingerprint density at radius 2 is 1.83 bits per heavy atom. The molecular formula is C17H20N3O2S+. The van der Waals surface area contributed by atoms with Gasteiger partial charge in [0, 0.05) is 11.3 Å². The molecule has 0 atom stereocenters. The van der Waals surface area contributed by atoms with Crippen molar-refractivity contribution in [1.82, 2.24) is 4.90 Å². The number of thiophene rings is 1. The van der Waals surface area contributed by atoms with Gasteiger partial charge in [0.2, 0.25) is 0 Å². The summed E-state index contributed by atoms with van der Waals surface area (Å²) in [6.45, 7) is 3.56. The first-order valence-electron chi connectivity index (χ1n) is 7.69. The van der Waals surface area contributed by atoms with Crippen LogP contribution in [0.2, 0.25) is 0 Å². The second-order valence-corrected chi connectivity index (χ2v) is 6.71. The Balaban J connectivity index is 1.62. The van der Waals surface area contributed by atoms with Crippen LogP contribution in [0.25, 0.3) is 0 Å². The van der Waals surface area contributed by atoms with E-state index in [0.29, 0.717) is 16.1 Å². The van der Waals surface area contributed by atoms with E-state index >= 15 is 0 Å². The van der Waals surface area contributed by atoms with Crippen LogP contribution >= 0.6 is 11.3 Å². The molecule has 0 radical (unpaired) electrons. The summed E-state index contributed by atoms with van der Waals surface area (Å²) in [5.74, 6) is -0.0604. The Morgan fingerprint density at radius 3 is 2.43 bits per heavy atom. The number of carbonyl (C=O) groups excluding carboxylic acids is 2. The molecule has 1 aromatic heterocycles. The molecule has 1 aliphatic heterocycles. The molecule has 6 heteroatoms. The van der Waals surface area contributed by atoms with Gasteiger partial charge in [-0.15, -0.1) is 11.3 Å². The second-order valence-electron chi connectivity index (χ2n) is 5.76. The number of amides is 2. The van der Waals surface area contributed by atoms with E-state index in [0.717, 1.165) is 26.2 Å². The summed E-state index contributed by atoms with van der Waals surface area (Å²) in [5, 5.41) is 4.71. The maximum Gasteiger partial charge on any atom is 0.265 e. The van der Waals surface area contributed by atoms with E-state index in [1.54, 1.807) is 30.3 Å². The van der Waals surface area contributed by atoms with Gasteiger partial charge in [0.25, 0.3) is 11.8 Å². The molecule has 1 fully saturated rings. The first-order chi connectivity index (χ1) is 11.1. The molecule has 0 unspecified atom stereocenters. The summed E-state index contributed by atoms with van der Waals surface area (Å²) < 4.78 is 0. The molecule has 0 bridgehead atoms. The van der Waals surface area contributed by atoms with Crippen molar-refractivity contribution in [2.24, 2.45) is 0 Å². The van der Waals surface area contributed by atoms with Gasteiger partial charge in [-0.3, -0.25) is 9.59 Å². The Kier molecular flexibility index (Phi) is 4.73. The fourth-order valence-corrected chi connectivity index (χ4v) is 3.19. The Hall–Kier alpha value is -2.18. The van der Waals surface area contributed by atoms with Crippen LogP contribution in [-0.4, -0.2) is 49.9 Å². The number of hydrogen-bond acceptors (Lipinski definition) is 3. The number of anilines is 1. The molecule has 2 amide bonds. The molecule has 1 aliphatic rings. The van der Waals surface area contributed by atoms with Crippen molar-refractivity contribution >= 4 is 28.8 Å².